The zero-order chi connectivity index (χ0) is 27.3. The average Bonchev–Trinajstić information content (AvgIpc) is 3.18. The molecule has 38 heavy (non-hydrogen) atoms. The van der Waals surface area contributed by atoms with Crippen molar-refractivity contribution in [2.24, 2.45) is 0 Å². The SMILES string of the molecule is CC[C@]1(c2cccc(Oc3cc(Cn4c(CCN(C)C)cnc4C)ccc3C#N)c2)CCCCN(C)C1=O. The number of nitriles is 1. The molecular weight excluding hydrogens is 474 g/mol. The van der Waals surface area contributed by atoms with Gasteiger partial charge in [0.05, 0.1) is 11.0 Å². The summed E-state index contributed by atoms with van der Waals surface area (Å²) in [5.74, 6) is 2.29. The normalized spacial score (nSPS) is 17.9. The molecule has 2 heterocycles. The van der Waals surface area contributed by atoms with Crippen molar-refractivity contribution in [3.05, 3.63) is 76.9 Å². The van der Waals surface area contributed by atoms with Gasteiger partial charge in [0, 0.05) is 45.0 Å². The molecule has 200 valence electrons. The van der Waals surface area contributed by atoms with Crippen LogP contribution < -0.4 is 4.74 Å². The number of nitrogens with zero attached hydrogens (tertiary/aromatic N) is 5. The van der Waals surface area contributed by atoms with Crippen molar-refractivity contribution in [2.45, 2.75) is 57.9 Å². The second-order valence-electron chi connectivity index (χ2n) is 10.6. The van der Waals surface area contributed by atoms with Gasteiger partial charge < -0.3 is 19.1 Å². The van der Waals surface area contributed by atoms with E-state index in [0.29, 0.717) is 23.6 Å². The summed E-state index contributed by atoms with van der Waals surface area (Å²) in [6.45, 7) is 6.49. The smallest absolute Gasteiger partial charge is 0.232 e. The molecule has 2 aromatic carbocycles. The Kier molecular flexibility index (Phi) is 8.53. The van der Waals surface area contributed by atoms with Crippen LogP contribution in [-0.2, 0) is 23.2 Å². The fourth-order valence-electron chi connectivity index (χ4n) is 5.43. The predicted molar refractivity (Wildman–Crippen MR) is 149 cm³/mol. The Morgan fingerprint density at radius 2 is 2.00 bits per heavy atom. The van der Waals surface area contributed by atoms with Crippen molar-refractivity contribution in [3.63, 3.8) is 0 Å². The molecule has 0 radical (unpaired) electrons. The number of aryl methyl sites for hydroxylation is 1. The lowest BCUT2D eigenvalue weighted by atomic mass is 9.73. The van der Waals surface area contributed by atoms with E-state index in [2.05, 4.69) is 41.5 Å². The van der Waals surface area contributed by atoms with Crippen LogP contribution in [0.3, 0.4) is 0 Å². The van der Waals surface area contributed by atoms with Crippen LogP contribution in [0.15, 0.2) is 48.7 Å². The van der Waals surface area contributed by atoms with E-state index in [-0.39, 0.29) is 5.91 Å². The van der Waals surface area contributed by atoms with Crippen LogP contribution in [0.4, 0.5) is 0 Å². The number of rotatable bonds is 9. The number of hydrogen-bond donors (Lipinski definition) is 0. The monoisotopic (exact) mass is 513 g/mol. The molecule has 1 aliphatic rings. The summed E-state index contributed by atoms with van der Waals surface area (Å²) >= 11 is 0. The minimum absolute atomic E-state index is 0.176. The number of amides is 1. The maximum Gasteiger partial charge on any atom is 0.232 e. The Morgan fingerprint density at radius 1 is 1.18 bits per heavy atom. The van der Waals surface area contributed by atoms with E-state index >= 15 is 0 Å². The molecule has 1 saturated heterocycles. The molecule has 1 aliphatic heterocycles. The summed E-state index contributed by atoms with van der Waals surface area (Å²) < 4.78 is 8.55. The molecule has 0 bridgehead atoms. The Bertz CT molecular complexity index is 1320. The van der Waals surface area contributed by atoms with E-state index in [9.17, 15) is 10.1 Å². The maximum absolute atomic E-state index is 13.4. The highest BCUT2D eigenvalue weighted by molar-refractivity contribution is 5.88. The quantitative estimate of drug-likeness (QED) is 0.388. The number of carbonyl (C=O) groups is 1. The number of carbonyl (C=O) groups excluding carboxylic acids is 1. The van der Waals surface area contributed by atoms with Crippen LogP contribution in [0.25, 0.3) is 0 Å². The number of ether oxygens (including phenoxy) is 1. The van der Waals surface area contributed by atoms with Crippen molar-refractivity contribution >= 4 is 5.91 Å². The van der Waals surface area contributed by atoms with Gasteiger partial charge in [-0.2, -0.15) is 5.26 Å². The topological polar surface area (TPSA) is 74.4 Å². The molecule has 0 N–H and O–H groups in total. The molecule has 1 atom stereocenters. The first-order chi connectivity index (χ1) is 18.3. The van der Waals surface area contributed by atoms with Gasteiger partial charge in [0.2, 0.25) is 5.91 Å². The molecule has 1 fully saturated rings. The third-order valence-corrected chi connectivity index (χ3v) is 7.78. The first-order valence-electron chi connectivity index (χ1n) is 13.5. The van der Waals surface area contributed by atoms with Crippen molar-refractivity contribution in [3.8, 4) is 17.6 Å². The molecule has 1 amide bonds. The Labute approximate surface area is 226 Å². The maximum atomic E-state index is 13.4. The third kappa shape index (κ3) is 5.76. The third-order valence-electron chi connectivity index (χ3n) is 7.78. The summed E-state index contributed by atoms with van der Waals surface area (Å²) in [4.78, 5) is 22.0. The summed E-state index contributed by atoms with van der Waals surface area (Å²) in [6.07, 6.45) is 6.45. The van der Waals surface area contributed by atoms with Gasteiger partial charge in [-0.3, -0.25) is 4.79 Å². The van der Waals surface area contributed by atoms with Gasteiger partial charge in [-0.1, -0.05) is 31.5 Å². The number of benzene rings is 2. The zero-order valence-electron chi connectivity index (χ0n) is 23.3. The van der Waals surface area contributed by atoms with E-state index in [4.69, 9.17) is 4.74 Å². The molecule has 7 nitrogen and oxygen atoms in total. The van der Waals surface area contributed by atoms with Gasteiger partial charge in [-0.25, -0.2) is 4.98 Å². The lowest BCUT2D eigenvalue weighted by Gasteiger charge is -2.33. The first-order valence-corrected chi connectivity index (χ1v) is 13.5. The van der Waals surface area contributed by atoms with Crippen LogP contribution in [-0.4, -0.2) is 59.5 Å². The standard InChI is InChI=1S/C31H39N5O2/c1-6-31(15-7-8-16-35(5)30(31)37)26-10-9-11-28(19-26)38-29-18-24(12-13-25(29)20-32)22-36-23(2)33-21-27(36)14-17-34(3)4/h9-13,18-19,21H,6-8,14-17,22H2,1-5H3/t31-/m1/s1. The van der Waals surface area contributed by atoms with Crippen LogP contribution in [0.1, 0.15) is 60.8 Å². The van der Waals surface area contributed by atoms with Gasteiger partial charge in [0.1, 0.15) is 23.4 Å². The highest BCUT2D eigenvalue weighted by atomic mass is 16.5. The molecule has 7 heteroatoms. The molecule has 0 saturated carbocycles. The van der Waals surface area contributed by atoms with Crippen molar-refractivity contribution < 1.29 is 9.53 Å². The Balaban J connectivity index is 1.62. The van der Waals surface area contributed by atoms with Crippen LogP contribution >= 0.6 is 0 Å². The van der Waals surface area contributed by atoms with E-state index in [1.54, 1.807) is 0 Å². The minimum Gasteiger partial charge on any atom is -0.456 e. The molecule has 0 unspecified atom stereocenters. The predicted octanol–water partition coefficient (Wildman–Crippen LogP) is 5.30. The van der Waals surface area contributed by atoms with Crippen molar-refractivity contribution in [1.29, 1.82) is 5.26 Å². The van der Waals surface area contributed by atoms with Gasteiger partial charge in [-0.05, 0) is 75.7 Å². The van der Waals surface area contributed by atoms with Crippen LogP contribution in [0.2, 0.25) is 0 Å². The number of likely N-dealkylation sites (N-methyl/N-ethyl adjacent to an activating group) is 2. The highest BCUT2D eigenvalue weighted by Gasteiger charge is 2.41. The van der Waals surface area contributed by atoms with E-state index in [1.807, 2.05) is 67.5 Å². The van der Waals surface area contributed by atoms with E-state index in [1.165, 1.54) is 5.69 Å². The number of aromatic nitrogens is 2. The van der Waals surface area contributed by atoms with E-state index in [0.717, 1.165) is 62.1 Å². The Hall–Kier alpha value is -3.63. The van der Waals surface area contributed by atoms with Crippen molar-refractivity contribution in [2.75, 3.05) is 34.2 Å². The fraction of sp³-hybridized carbons (Fsp3) is 0.452. The molecule has 0 aliphatic carbocycles. The highest BCUT2D eigenvalue weighted by Crippen LogP contribution is 2.39. The van der Waals surface area contributed by atoms with Gasteiger partial charge in [-0.15, -0.1) is 0 Å². The van der Waals surface area contributed by atoms with Crippen LogP contribution in [0, 0.1) is 18.3 Å². The summed E-state index contributed by atoms with van der Waals surface area (Å²) in [6, 6.07) is 15.9. The molecule has 4 rings (SSSR count). The summed E-state index contributed by atoms with van der Waals surface area (Å²) in [5.41, 5.74) is 3.12. The fourth-order valence-corrected chi connectivity index (χ4v) is 5.43. The second kappa shape index (κ2) is 11.8. The van der Waals surface area contributed by atoms with Gasteiger partial charge in [0.25, 0.3) is 0 Å². The zero-order valence-corrected chi connectivity index (χ0v) is 23.3. The molecule has 3 aromatic rings. The van der Waals surface area contributed by atoms with Gasteiger partial charge >= 0.3 is 0 Å². The lowest BCUT2D eigenvalue weighted by molar-refractivity contribution is -0.135. The molecule has 1 aromatic heterocycles. The number of hydrogen-bond acceptors (Lipinski definition) is 5. The number of likely N-dealkylation sites (tertiary alicyclic amines) is 1. The second-order valence-corrected chi connectivity index (χ2v) is 10.6. The largest absolute Gasteiger partial charge is 0.456 e. The summed E-state index contributed by atoms with van der Waals surface area (Å²) in [5, 5.41) is 9.79. The lowest BCUT2D eigenvalue weighted by Crippen LogP contribution is -2.43. The van der Waals surface area contributed by atoms with Gasteiger partial charge in [0.15, 0.2) is 0 Å². The Morgan fingerprint density at radius 3 is 2.74 bits per heavy atom. The number of imidazole rings is 1. The van der Waals surface area contributed by atoms with E-state index < -0.39 is 5.41 Å². The minimum atomic E-state index is -0.549. The first kappa shape index (κ1) is 27.4. The molecule has 0 spiro atoms. The van der Waals surface area contributed by atoms with Crippen LogP contribution in [0.5, 0.6) is 11.5 Å². The molecular formula is C31H39N5O2. The average molecular weight is 514 g/mol. The summed E-state index contributed by atoms with van der Waals surface area (Å²) in [7, 11) is 6.04. The van der Waals surface area contributed by atoms with Crippen molar-refractivity contribution in [1.82, 2.24) is 19.4 Å².